The third-order valence-electron chi connectivity index (χ3n) is 5.09. The van der Waals surface area contributed by atoms with E-state index in [2.05, 4.69) is 10.4 Å². The maximum absolute atomic E-state index is 13.1. The molecule has 0 radical (unpaired) electrons. The molecule has 0 spiro atoms. The molecule has 1 fully saturated rings. The van der Waals surface area contributed by atoms with Gasteiger partial charge in [0.2, 0.25) is 5.91 Å². The summed E-state index contributed by atoms with van der Waals surface area (Å²) in [5.74, 6) is -3.38. The van der Waals surface area contributed by atoms with Crippen molar-refractivity contribution in [2.45, 2.75) is 44.4 Å². The van der Waals surface area contributed by atoms with Crippen LogP contribution >= 0.6 is 23.4 Å². The highest BCUT2D eigenvalue weighted by Crippen LogP contribution is 2.41. The summed E-state index contributed by atoms with van der Waals surface area (Å²) in [5, 5.41) is 14.0. The predicted molar refractivity (Wildman–Crippen MR) is 108 cm³/mol. The molecule has 2 aliphatic rings. The van der Waals surface area contributed by atoms with Crippen LogP contribution in [0.15, 0.2) is 11.3 Å². The minimum Gasteiger partial charge on any atom is -0.477 e. The van der Waals surface area contributed by atoms with Crippen LogP contribution in [0.25, 0.3) is 0 Å². The Morgan fingerprint density at radius 3 is 2.55 bits per heavy atom. The van der Waals surface area contributed by atoms with Crippen LogP contribution < -0.4 is 5.32 Å². The Morgan fingerprint density at radius 2 is 2.03 bits per heavy atom. The number of carboxylic acids is 1. The van der Waals surface area contributed by atoms with Gasteiger partial charge in [0, 0.05) is 18.2 Å². The number of hydrogen-bond donors (Lipinski definition) is 2. The number of alkyl halides is 3. The van der Waals surface area contributed by atoms with Gasteiger partial charge in [0.1, 0.15) is 29.8 Å². The summed E-state index contributed by atoms with van der Waals surface area (Å²) in [6.45, 7) is 3.43. The van der Waals surface area contributed by atoms with E-state index in [-0.39, 0.29) is 29.3 Å². The first-order chi connectivity index (χ1) is 15.3. The number of halogens is 4. The molecule has 1 saturated heterocycles. The highest BCUT2D eigenvalue weighted by Gasteiger charge is 2.54. The third kappa shape index (κ3) is 4.53. The van der Waals surface area contributed by atoms with E-state index >= 15 is 0 Å². The number of rotatable bonds is 6. The number of fused-ring (bicyclic) bond motifs is 1. The van der Waals surface area contributed by atoms with E-state index in [1.54, 1.807) is 0 Å². The fraction of sp³-hybridized carbons (Fsp3) is 0.500. The van der Waals surface area contributed by atoms with Crippen molar-refractivity contribution in [3.8, 4) is 0 Å². The number of nitrogens with one attached hydrogen (secondary N) is 1. The number of ether oxygens (including phenoxy) is 1. The molecule has 3 atom stereocenters. The average molecular weight is 511 g/mol. The largest absolute Gasteiger partial charge is 0.477 e. The molecule has 2 amide bonds. The fourth-order valence-corrected chi connectivity index (χ4v) is 4.98. The number of β-lactam (4-membered cyclic amide) rings is 1. The van der Waals surface area contributed by atoms with Gasteiger partial charge in [0.15, 0.2) is 5.69 Å². The van der Waals surface area contributed by atoms with E-state index in [4.69, 9.17) is 16.3 Å². The molecule has 180 valence electrons. The van der Waals surface area contributed by atoms with E-state index in [0.29, 0.717) is 0 Å². The second-order valence-electron chi connectivity index (χ2n) is 7.30. The summed E-state index contributed by atoms with van der Waals surface area (Å²) in [7, 11) is 0. The highest BCUT2D eigenvalue weighted by atomic mass is 35.5. The summed E-state index contributed by atoms with van der Waals surface area (Å²) in [6.07, 6.45) is -4.81. The summed E-state index contributed by atoms with van der Waals surface area (Å²) >= 11 is 6.87. The zero-order chi connectivity index (χ0) is 24.8. The fourth-order valence-electron chi connectivity index (χ4n) is 3.42. The maximum Gasteiger partial charge on any atom is 0.436 e. The van der Waals surface area contributed by atoms with E-state index in [1.165, 1.54) is 13.8 Å². The van der Waals surface area contributed by atoms with Gasteiger partial charge in [-0.3, -0.25) is 24.0 Å². The Balaban J connectivity index is 1.76. The van der Waals surface area contributed by atoms with Crippen molar-refractivity contribution < 1.29 is 42.2 Å². The summed E-state index contributed by atoms with van der Waals surface area (Å²) in [5.41, 5.74) is -1.50. The first-order valence-electron chi connectivity index (χ1n) is 9.41. The number of aromatic nitrogens is 2. The lowest BCUT2D eigenvalue weighted by Crippen LogP contribution is -2.71. The Hall–Kier alpha value is -2.74. The van der Waals surface area contributed by atoms with E-state index in [1.807, 2.05) is 0 Å². The minimum absolute atomic E-state index is 0.0774. The molecular formula is C18H18ClF3N4O6S. The molecule has 0 aliphatic carbocycles. The van der Waals surface area contributed by atoms with Crippen molar-refractivity contribution >= 4 is 47.1 Å². The molecule has 15 heteroatoms. The van der Waals surface area contributed by atoms with Crippen molar-refractivity contribution in [2.75, 3.05) is 12.4 Å². The van der Waals surface area contributed by atoms with Gasteiger partial charge in [-0.1, -0.05) is 11.6 Å². The monoisotopic (exact) mass is 510 g/mol. The third-order valence-corrected chi connectivity index (χ3v) is 6.88. The van der Waals surface area contributed by atoms with Gasteiger partial charge in [-0.15, -0.1) is 11.8 Å². The molecule has 0 unspecified atom stereocenters. The van der Waals surface area contributed by atoms with Gasteiger partial charge in [0.25, 0.3) is 5.91 Å². The first kappa shape index (κ1) is 24.9. The van der Waals surface area contributed by atoms with Crippen LogP contribution in [0.1, 0.15) is 31.3 Å². The smallest absolute Gasteiger partial charge is 0.436 e. The average Bonchev–Trinajstić information content (AvgIpc) is 3.03. The normalized spacial score (nSPS) is 21.3. The van der Waals surface area contributed by atoms with Crippen LogP contribution in [-0.4, -0.2) is 67.3 Å². The number of hydrogen-bond acceptors (Lipinski definition) is 7. The predicted octanol–water partition coefficient (Wildman–Crippen LogP) is 1.73. The number of carboxylic acid groups (broad SMARTS) is 1. The zero-order valence-electron chi connectivity index (χ0n) is 17.4. The summed E-state index contributed by atoms with van der Waals surface area (Å²) in [4.78, 5) is 49.1. The molecule has 0 saturated carbocycles. The molecular weight excluding hydrogens is 493 g/mol. The van der Waals surface area contributed by atoms with Crippen LogP contribution in [0.2, 0.25) is 5.02 Å². The zero-order valence-corrected chi connectivity index (χ0v) is 19.0. The van der Waals surface area contributed by atoms with Crippen molar-refractivity contribution in [3.05, 3.63) is 27.7 Å². The van der Waals surface area contributed by atoms with Gasteiger partial charge in [0.05, 0.1) is 10.7 Å². The van der Waals surface area contributed by atoms with E-state index in [0.717, 1.165) is 28.3 Å². The van der Waals surface area contributed by atoms with Crippen LogP contribution in [0.3, 0.4) is 0 Å². The lowest BCUT2D eigenvalue weighted by molar-refractivity contribution is -0.151. The Labute approximate surface area is 194 Å². The number of carbonyl (C=O) groups excluding carboxylic acids is 3. The molecule has 0 aromatic carbocycles. The number of esters is 1. The van der Waals surface area contributed by atoms with Gasteiger partial charge < -0.3 is 15.2 Å². The molecule has 33 heavy (non-hydrogen) atoms. The van der Waals surface area contributed by atoms with Gasteiger partial charge in [-0.25, -0.2) is 4.79 Å². The number of carbonyl (C=O) groups is 4. The number of nitrogens with zero attached hydrogens (tertiary/aromatic N) is 3. The number of aliphatic carboxylic acids is 1. The van der Waals surface area contributed by atoms with Crippen molar-refractivity contribution in [1.82, 2.24) is 20.0 Å². The molecule has 10 nitrogen and oxygen atoms in total. The van der Waals surface area contributed by atoms with Crippen LogP contribution in [0, 0.1) is 6.92 Å². The topological polar surface area (TPSA) is 131 Å². The number of thioether (sulfide) groups is 1. The molecule has 1 aromatic rings. The van der Waals surface area contributed by atoms with Gasteiger partial charge in [-0.05, 0) is 13.8 Å². The minimum atomic E-state index is -4.81. The van der Waals surface area contributed by atoms with Crippen LogP contribution in [0.4, 0.5) is 13.2 Å². The van der Waals surface area contributed by atoms with E-state index < -0.39 is 58.1 Å². The second kappa shape index (κ2) is 8.89. The standard InChI is InChI=1S/C18H18ClF3N4O6S/c1-6-10(19)13(18(20,21)22)24-26(6)7(2)14(28)23-11-15(29)25-12(17(30)31)9(4-32-8(3)27)5-33-16(11)25/h7,11,16H,4-5H2,1-3H3,(H,23,28)(H,30,31)/t7-,11+,16-/m1/s1. The SMILES string of the molecule is CC(=O)OCC1=C(C(=O)O)N2C(=O)[C@H](NC(=O)[C@@H](C)n3nc(C(F)(F)F)c(Cl)c3C)[C@H]2SC1. The first-order valence-corrected chi connectivity index (χ1v) is 10.8. The van der Waals surface area contributed by atoms with Crippen LogP contribution in [0.5, 0.6) is 0 Å². The van der Waals surface area contributed by atoms with Gasteiger partial charge >= 0.3 is 18.1 Å². The molecule has 3 heterocycles. The number of amides is 2. The Bertz CT molecular complexity index is 1070. The highest BCUT2D eigenvalue weighted by molar-refractivity contribution is 8.00. The molecule has 2 aliphatic heterocycles. The van der Waals surface area contributed by atoms with E-state index in [9.17, 15) is 37.5 Å². The second-order valence-corrected chi connectivity index (χ2v) is 8.78. The maximum atomic E-state index is 13.1. The lowest BCUT2D eigenvalue weighted by atomic mass is 10.0. The van der Waals surface area contributed by atoms with Crippen molar-refractivity contribution in [1.29, 1.82) is 0 Å². The molecule has 3 rings (SSSR count). The summed E-state index contributed by atoms with van der Waals surface area (Å²) < 4.78 is 44.8. The molecule has 1 aromatic heterocycles. The van der Waals surface area contributed by atoms with Crippen molar-refractivity contribution in [2.24, 2.45) is 0 Å². The lowest BCUT2D eigenvalue weighted by Gasteiger charge is -2.49. The Kier molecular flexibility index (Phi) is 6.71. The van der Waals surface area contributed by atoms with Crippen molar-refractivity contribution in [3.63, 3.8) is 0 Å². The Morgan fingerprint density at radius 1 is 1.39 bits per heavy atom. The quantitative estimate of drug-likeness (QED) is 0.437. The van der Waals surface area contributed by atoms with Gasteiger partial charge in [-0.2, -0.15) is 18.3 Å². The summed E-state index contributed by atoms with van der Waals surface area (Å²) in [6, 6.07) is -2.33. The van der Waals surface area contributed by atoms with Crippen LogP contribution in [-0.2, 0) is 30.1 Å². The molecule has 0 bridgehead atoms. The molecule has 2 N–H and O–H groups in total.